The van der Waals surface area contributed by atoms with Crippen molar-refractivity contribution in [1.29, 1.82) is 0 Å². The molecule has 3 aromatic rings. The fourth-order valence-electron chi connectivity index (χ4n) is 7.09. The van der Waals surface area contributed by atoms with Gasteiger partial charge in [-0.1, -0.05) is 29.3 Å². The van der Waals surface area contributed by atoms with Gasteiger partial charge in [-0.2, -0.15) is 9.61 Å². The van der Waals surface area contributed by atoms with Gasteiger partial charge < -0.3 is 20.2 Å². The SMILES string of the molecule is C[C@@H](Nc1cc(N2CCC([C@H]3CCCN(C4CC(C)(C(=O)O)C4)C3)CC2)nc2ccnn12)c1ccc(Cl)cc1Cl. The van der Waals surface area contributed by atoms with E-state index in [0.29, 0.717) is 27.9 Å². The summed E-state index contributed by atoms with van der Waals surface area (Å²) in [6.45, 7) is 8.17. The highest BCUT2D eigenvalue weighted by molar-refractivity contribution is 6.35. The third kappa shape index (κ3) is 5.38. The normalized spacial score (nSPS) is 26.9. The Kier molecular flexibility index (Phi) is 7.61. The van der Waals surface area contributed by atoms with Crippen molar-refractivity contribution in [3.63, 3.8) is 0 Å². The van der Waals surface area contributed by atoms with Crippen molar-refractivity contribution in [1.82, 2.24) is 19.5 Å². The van der Waals surface area contributed by atoms with Crippen LogP contribution >= 0.6 is 23.2 Å². The van der Waals surface area contributed by atoms with E-state index in [1.54, 1.807) is 12.3 Å². The van der Waals surface area contributed by atoms with E-state index in [-0.39, 0.29) is 6.04 Å². The van der Waals surface area contributed by atoms with Crippen molar-refractivity contribution in [2.45, 2.75) is 64.5 Å². The summed E-state index contributed by atoms with van der Waals surface area (Å²) in [6, 6.07) is 10.0. The number of fused-ring (bicyclic) bond motifs is 1. The third-order valence-corrected chi connectivity index (χ3v) is 10.1. The molecule has 1 saturated carbocycles. The number of piperidine rings is 2. The van der Waals surface area contributed by atoms with E-state index < -0.39 is 11.4 Å². The minimum absolute atomic E-state index is 0.0450. The van der Waals surface area contributed by atoms with Crippen LogP contribution in [0.3, 0.4) is 0 Å². The lowest BCUT2D eigenvalue weighted by Crippen LogP contribution is -2.56. The predicted molar refractivity (Wildman–Crippen MR) is 159 cm³/mol. The van der Waals surface area contributed by atoms with Gasteiger partial charge >= 0.3 is 5.97 Å². The number of carbonyl (C=O) groups is 1. The van der Waals surface area contributed by atoms with Gasteiger partial charge in [0.25, 0.3) is 0 Å². The highest BCUT2D eigenvalue weighted by Crippen LogP contribution is 2.45. The molecule has 1 aliphatic carbocycles. The van der Waals surface area contributed by atoms with Crippen molar-refractivity contribution in [3.05, 3.63) is 52.1 Å². The molecule has 0 bridgehead atoms. The third-order valence-electron chi connectivity index (χ3n) is 9.56. The maximum atomic E-state index is 11.6. The zero-order valence-electron chi connectivity index (χ0n) is 23.2. The molecular weight excluding hydrogens is 547 g/mol. The second-order valence-corrected chi connectivity index (χ2v) is 13.1. The molecule has 214 valence electrons. The fraction of sp³-hybridized carbons (Fsp3) is 0.567. The molecule has 6 rings (SSSR count). The van der Waals surface area contributed by atoms with E-state index in [0.717, 1.165) is 74.7 Å². The molecule has 3 fully saturated rings. The van der Waals surface area contributed by atoms with Crippen molar-refractivity contribution in [2.75, 3.05) is 36.4 Å². The maximum absolute atomic E-state index is 11.6. The molecule has 0 unspecified atom stereocenters. The van der Waals surface area contributed by atoms with Gasteiger partial charge in [0.1, 0.15) is 11.6 Å². The molecule has 2 aliphatic heterocycles. The number of carboxylic acids is 1. The second kappa shape index (κ2) is 11.0. The summed E-state index contributed by atoms with van der Waals surface area (Å²) in [4.78, 5) is 21.5. The first kappa shape index (κ1) is 27.6. The Morgan fingerprint density at radius 3 is 2.60 bits per heavy atom. The van der Waals surface area contributed by atoms with E-state index in [9.17, 15) is 9.90 Å². The lowest BCUT2D eigenvalue weighted by molar-refractivity contribution is -0.158. The summed E-state index contributed by atoms with van der Waals surface area (Å²) in [6.07, 6.45) is 8.16. The molecule has 0 spiro atoms. The highest BCUT2D eigenvalue weighted by atomic mass is 35.5. The van der Waals surface area contributed by atoms with Crippen LogP contribution in [-0.4, -0.2) is 62.8 Å². The van der Waals surface area contributed by atoms with Gasteiger partial charge in [0.15, 0.2) is 5.65 Å². The fourth-order valence-corrected chi connectivity index (χ4v) is 7.66. The monoisotopic (exact) mass is 584 g/mol. The Hall–Kier alpha value is -2.55. The van der Waals surface area contributed by atoms with Gasteiger partial charge in [0, 0.05) is 47.9 Å². The van der Waals surface area contributed by atoms with Gasteiger partial charge in [-0.15, -0.1) is 0 Å². The first-order valence-corrected chi connectivity index (χ1v) is 15.2. The van der Waals surface area contributed by atoms with Gasteiger partial charge in [0.05, 0.1) is 17.7 Å². The number of likely N-dealkylation sites (tertiary alicyclic amines) is 1. The Bertz CT molecular complexity index is 1380. The number of aliphatic carboxylic acids is 1. The average molecular weight is 586 g/mol. The molecule has 0 amide bonds. The minimum atomic E-state index is -0.644. The van der Waals surface area contributed by atoms with E-state index in [4.69, 9.17) is 28.2 Å². The van der Waals surface area contributed by atoms with Gasteiger partial charge in [-0.05, 0) is 88.4 Å². The largest absolute Gasteiger partial charge is 0.481 e. The molecule has 4 heterocycles. The number of aromatic nitrogens is 3. The summed E-state index contributed by atoms with van der Waals surface area (Å²) in [5.74, 6) is 2.60. The average Bonchev–Trinajstić information content (AvgIpc) is 3.40. The number of hydrogen-bond acceptors (Lipinski definition) is 6. The molecule has 10 heteroatoms. The lowest BCUT2D eigenvalue weighted by Gasteiger charge is -2.51. The Morgan fingerprint density at radius 1 is 1.10 bits per heavy atom. The topological polar surface area (TPSA) is 86.0 Å². The van der Waals surface area contributed by atoms with E-state index in [1.165, 1.54) is 12.8 Å². The first-order chi connectivity index (χ1) is 19.2. The van der Waals surface area contributed by atoms with Gasteiger partial charge in [-0.25, -0.2) is 4.98 Å². The molecule has 0 radical (unpaired) electrons. The zero-order valence-corrected chi connectivity index (χ0v) is 24.7. The maximum Gasteiger partial charge on any atom is 0.309 e. The summed E-state index contributed by atoms with van der Waals surface area (Å²) in [5, 5.41) is 18.9. The van der Waals surface area contributed by atoms with Gasteiger partial charge in [-0.3, -0.25) is 4.79 Å². The number of nitrogens with zero attached hydrogens (tertiary/aromatic N) is 5. The second-order valence-electron chi connectivity index (χ2n) is 12.3. The van der Waals surface area contributed by atoms with Crippen LogP contribution in [0, 0.1) is 17.3 Å². The van der Waals surface area contributed by atoms with Crippen LogP contribution in [-0.2, 0) is 4.79 Å². The molecule has 3 aliphatic rings. The van der Waals surface area contributed by atoms with E-state index >= 15 is 0 Å². The number of halogens is 2. The van der Waals surface area contributed by atoms with Crippen LogP contribution < -0.4 is 10.2 Å². The van der Waals surface area contributed by atoms with Crippen molar-refractivity contribution in [3.8, 4) is 0 Å². The van der Waals surface area contributed by atoms with Crippen LogP contribution in [0.5, 0.6) is 0 Å². The summed E-state index contributed by atoms with van der Waals surface area (Å²) in [5.41, 5.74) is 1.26. The quantitative estimate of drug-likeness (QED) is 0.332. The lowest BCUT2D eigenvalue weighted by atomic mass is 9.65. The molecule has 2 atom stereocenters. The van der Waals surface area contributed by atoms with Crippen LogP contribution in [0.2, 0.25) is 10.0 Å². The molecule has 2 N–H and O–H groups in total. The smallest absolute Gasteiger partial charge is 0.309 e. The van der Waals surface area contributed by atoms with Crippen molar-refractivity contribution >= 4 is 46.5 Å². The number of hydrogen-bond donors (Lipinski definition) is 2. The number of anilines is 2. The Balaban J connectivity index is 1.10. The van der Waals surface area contributed by atoms with Crippen molar-refractivity contribution in [2.24, 2.45) is 17.3 Å². The van der Waals surface area contributed by atoms with Crippen LogP contribution in [0.1, 0.15) is 64.0 Å². The summed E-state index contributed by atoms with van der Waals surface area (Å²) >= 11 is 12.6. The van der Waals surface area contributed by atoms with Crippen molar-refractivity contribution < 1.29 is 9.90 Å². The molecule has 2 aromatic heterocycles. The number of nitrogens with one attached hydrogen (secondary N) is 1. The van der Waals surface area contributed by atoms with Crippen LogP contribution in [0.25, 0.3) is 5.65 Å². The highest BCUT2D eigenvalue weighted by Gasteiger charge is 2.49. The Labute approximate surface area is 245 Å². The van der Waals surface area contributed by atoms with E-state index in [2.05, 4.69) is 33.2 Å². The number of benzene rings is 1. The Morgan fingerprint density at radius 2 is 1.88 bits per heavy atom. The summed E-state index contributed by atoms with van der Waals surface area (Å²) in [7, 11) is 0. The zero-order chi connectivity index (χ0) is 28.0. The molecule has 8 nitrogen and oxygen atoms in total. The molecular formula is C30H38Cl2N6O2. The van der Waals surface area contributed by atoms with E-state index in [1.807, 2.05) is 29.6 Å². The molecule has 2 saturated heterocycles. The summed E-state index contributed by atoms with van der Waals surface area (Å²) < 4.78 is 1.84. The number of rotatable bonds is 7. The molecule has 40 heavy (non-hydrogen) atoms. The molecule has 1 aromatic carbocycles. The number of carboxylic acid groups (broad SMARTS) is 1. The van der Waals surface area contributed by atoms with Crippen LogP contribution in [0.4, 0.5) is 11.6 Å². The standard InChI is InChI=1S/C30H38Cl2N6O2/c1-19(24-6-5-22(31)14-25(24)32)34-28-15-27(35-26-7-10-33-38(26)28)36-12-8-20(9-13-36)21-4-3-11-37(18-21)23-16-30(2,17-23)29(39)40/h5-7,10,14-15,19-21,23,34H,3-4,8-9,11-13,16-18H2,1-2H3,(H,39,40)/t19-,21+,23?,30?/m1/s1. The first-order valence-electron chi connectivity index (χ1n) is 14.5. The van der Waals surface area contributed by atoms with Gasteiger partial charge in [0.2, 0.25) is 0 Å². The minimum Gasteiger partial charge on any atom is -0.481 e. The van der Waals surface area contributed by atoms with Crippen LogP contribution in [0.15, 0.2) is 36.5 Å². The predicted octanol–water partition coefficient (Wildman–Crippen LogP) is 6.39.